The molecule has 0 saturated carbocycles. The molecule has 110 valence electrons. The van der Waals surface area contributed by atoms with Crippen LogP contribution in [0.15, 0.2) is 18.2 Å². The van der Waals surface area contributed by atoms with Crippen LogP contribution in [0.4, 0.5) is 11.4 Å². The summed E-state index contributed by atoms with van der Waals surface area (Å²) in [5, 5.41) is 22.9. The van der Waals surface area contributed by atoms with Crippen molar-refractivity contribution >= 4 is 17.3 Å². The molecule has 1 atom stereocenters. The Morgan fingerprint density at radius 1 is 1.55 bits per heavy atom. The van der Waals surface area contributed by atoms with Crippen LogP contribution in [0.25, 0.3) is 0 Å². The van der Waals surface area contributed by atoms with Crippen molar-refractivity contribution in [3.8, 4) is 0 Å². The lowest BCUT2D eigenvalue weighted by Gasteiger charge is -2.18. The zero-order valence-electron chi connectivity index (χ0n) is 11.5. The van der Waals surface area contributed by atoms with E-state index in [0.29, 0.717) is 12.3 Å². The van der Waals surface area contributed by atoms with E-state index < -0.39 is 16.6 Å². The number of hydrogen-bond acceptors (Lipinski definition) is 5. The summed E-state index contributed by atoms with van der Waals surface area (Å²) >= 11 is 0. The molecule has 0 amide bonds. The highest BCUT2D eigenvalue weighted by Crippen LogP contribution is 2.24. The van der Waals surface area contributed by atoms with Gasteiger partial charge in [0.15, 0.2) is 0 Å². The number of carbonyl (C=O) groups is 1. The first-order valence-electron chi connectivity index (χ1n) is 6.26. The summed E-state index contributed by atoms with van der Waals surface area (Å²) in [6.45, 7) is 2.50. The van der Waals surface area contributed by atoms with Crippen molar-refractivity contribution < 1.29 is 19.6 Å². The summed E-state index contributed by atoms with van der Waals surface area (Å²) in [5.41, 5.74) is -0.230. The first-order valence-corrected chi connectivity index (χ1v) is 6.26. The number of carboxylic acid groups (broad SMARTS) is 1. The van der Waals surface area contributed by atoms with Crippen LogP contribution < -0.4 is 5.32 Å². The Morgan fingerprint density at radius 3 is 2.75 bits per heavy atom. The van der Waals surface area contributed by atoms with E-state index in [9.17, 15) is 14.9 Å². The van der Waals surface area contributed by atoms with Crippen LogP contribution in [0.5, 0.6) is 0 Å². The molecule has 7 heteroatoms. The van der Waals surface area contributed by atoms with Gasteiger partial charge in [0.1, 0.15) is 5.56 Å². The topological polar surface area (TPSA) is 102 Å². The monoisotopic (exact) mass is 282 g/mol. The zero-order chi connectivity index (χ0) is 15.1. The van der Waals surface area contributed by atoms with E-state index in [1.54, 1.807) is 7.11 Å². The normalized spacial score (nSPS) is 11.9. The van der Waals surface area contributed by atoms with Crippen molar-refractivity contribution in [1.82, 2.24) is 0 Å². The van der Waals surface area contributed by atoms with Gasteiger partial charge in [-0.3, -0.25) is 10.1 Å². The number of benzene rings is 1. The Balaban J connectivity index is 2.99. The SMILES string of the molecule is CCCC(COC)Nc1ccc(C(=O)O)c([N+](=O)[O-])c1. The maximum atomic E-state index is 10.9. The number of nitro benzene ring substituents is 1. The van der Waals surface area contributed by atoms with Crippen LogP contribution in [0, 0.1) is 10.1 Å². The van der Waals surface area contributed by atoms with Crippen LogP contribution in [-0.4, -0.2) is 35.8 Å². The first kappa shape index (κ1) is 15.9. The molecule has 0 radical (unpaired) electrons. The molecule has 0 fully saturated rings. The van der Waals surface area contributed by atoms with Gasteiger partial charge in [0.2, 0.25) is 0 Å². The number of nitro groups is 1. The fraction of sp³-hybridized carbons (Fsp3) is 0.462. The number of methoxy groups -OCH3 is 1. The van der Waals surface area contributed by atoms with E-state index in [1.807, 2.05) is 6.92 Å². The Bertz CT molecular complexity index is 484. The molecule has 0 heterocycles. The molecule has 0 aliphatic rings. The Kier molecular flexibility index (Phi) is 5.92. The third-order valence-electron chi connectivity index (χ3n) is 2.80. The van der Waals surface area contributed by atoms with Gasteiger partial charge in [0.05, 0.1) is 11.5 Å². The molecule has 0 bridgehead atoms. The number of rotatable bonds is 8. The first-order chi connectivity index (χ1) is 9.49. The van der Waals surface area contributed by atoms with Crippen LogP contribution >= 0.6 is 0 Å². The van der Waals surface area contributed by atoms with Crippen LogP contribution in [0.3, 0.4) is 0 Å². The Hall–Kier alpha value is -2.15. The standard InChI is InChI=1S/C13H18N2O5/c1-3-4-10(8-20-2)14-9-5-6-11(13(16)17)12(7-9)15(18)19/h5-7,10,14H,3-4,8H2,1-2H3,(H,16,17). The summed E-state index contributed by atoms with van der Waals surface area (Å²) in [6, 6.07) is 4.02. The smallest absolute Gasteiger partial charge is 0.342 e. The molecule has 0 saturated heterocycles. The second kappa shape index (κ2) is 7.44. The molecule has 7 nitrogen and oxygen atoms in total. The largest absolute Gasteiger partial charge is 0.477 e. The number of ether oxygens (including phenoxy) is 1. The van der Waals surface area contributed by atoms with E-state index in [4.69, 9.17) is 9.84 Å². The van der Waals surface area contributed by atoms with Crippen molar-refractivity contribution in [3.63, 3.8) is 0 Å². The van der Waals surface area contributed by atoms with Crippen molar-refractivity contribution in [1.29, 1.82) is 0 Å². The van der Waals surface area contributed by atoms with Crippen LogP contribution in [0.2, 0.25) is 0 Å². The second-order valence-electron chi connectivity index (χ2n) is 4.38. The van der Waals surface area contributed by atoms with Gasteiger partial charge in [-0.1, -0.05) is 13.3 Å². The summed E-state index contributed by atoms with van der Waals surface area (Å²) < 4.78 is 5.08. The summed E-state index contributed by atoms with van der Waals surface area (Å²) in [7, 11) is 1.58. The molecule has 1 unspecified atom stereocenters. The highest BCUT2D eigenvalue weighted by atomic mass is 16.6. The molecular formula is C13H18N2O5. The Labute approximate surface area is 116 Å². The van der Waals surface area contributed by atoms with Gasteiger partial charge in [0, 0.05) is 24.9 Å². The lowest BCUT2D eigenvalue weighted by atomic mass is 10.1. The minimum absolute atomic E-state index is 0.0280. The van der Waals surface area contributed by atoms with Gasteiger partial charge in [-0.15, -0.1) is 0 Å². The van der Waals surface area contributed by atoms with Gasteiger partial charge < -0.3 is 15.2 Å². The molecule has 1 aromatic rings. The molecule has 2 N–H and O–H groups in total. The van der Waals surface area contributed by atoms with Gasteiger partial charge in [-0.25, -0.2) is 4.79 Å². The van der Waals surface area contributed by atoms with E-state index in [2.05, 4.69) is 5.32 Å². The van der Waals surface area contributed by atoms with Gasteiger partial charge >= 0.3 is 5.97 Å². The fourth-order valence-corrected chi connectivity index (χ4v) is 1.94. The maximum absolute atomic E-state index is 10.9. The minimum Gasteiger partial charge on any atom is -0.477 e. The lowest BCUT2D eigenvalue weighted by molar-refractivity contribution is -0.385. The average Bonchev–Trinajstić information content (AvgIpc) is 2.38. The molecule has 0 aromatic heterocycles. The van der Waals surface area contributed by atoms with Gasteiger partial charge in [-0.05, 0) is 18.6 Å². The summed E-state index contributed by atoms with van der Waals surface area (Å²) in [4.78, 5) is 21.1. The maximum Gasteiger partial charge on any atom is 0.342 e. The number of nitrogens with zero attached hydrogens (tertiary/aromatic N) is 1. The summed E-state index contributed by atoms with van der Waals surface area (Å²) in [6.07, 6.45) is 1.79. The lowest BCUT2D eigenvalue weighted by Crippen LogP contribution is -2.24. The highest BCUT2D eigenvalue weighted by molar-refractivity contribution is 5.93. The van der Waals surface area contributed by atoms with E-state index in [0.717, 1.165) is 12.8 Å². The molecular weight excluding hydrogens is 264 g/mol. The third kappa shape index (κ3) is 4.20. The van der Waals surface area contributed by atoms with Gasteiger partial charge in [0.25, 0.3) is 5.69 Å². The third-order valence-corrected chi connectivity index (χ3v) is 2.80. The zero-order valence-corrected chi connectivity index (χ0v) is 11.5. The number of aromatic carboxylic acids is 1. The predicted molar refractivity (Wildman–Crippen MR) is 74.3 cm³/mol. The van der Waals surface area contributed by atoms with Gasteiger partial charge in [-0.2, -0.15) is 0 Å². The number of nitrogens with one attached hydrogen (secondary N) is 1. The van der Waals surface area contributed by atoms with Crippen molar-refractivity contribution in [2.75, 3.05) is 19.0 Å². The van der Waals surface area contributed by atoms with E-state index in [1.165, 1.54) is 18.2 Å². The number of anilines is 1. The molecule has 0 aliphatic heterocycles. The minimum atomic E-state index is -1.31. The second-order valence-corrected chi connectivity index (χ2v) is 4.38. The van der Waals surface area contributed by atoms with Crippen molar-refractivity contribution in [2.24, 2.45) is 0 Å². The molecule has 0 spiro atoms. The predicted octanol–water partition coefficient (Wildman–Crippen LogP) is 2.52. The quantitative estimate of drug-likeness (QED) is 0.561. The molecule has 0 aliphatic carbocycles. The average molecular weight is 282 g/mol. The Morgan fingerprint density at radius 2 is 2.25 bits per heavy atom. The number of carboxylic acids is 1. The summed E-state index contributed by atoms with van der Waals surface area (Å²) in [5.74, 6) is -1.31. The highest BCUT2D eigenvalue weighted by Gasteiger charge is 2.20. The molecule has 20 heavy (non-hydrogen) atoms. The van der Waals surface area contributed by atoms with E-state index >= 15 is 0 Å². The van der Waals surface area contributed by atoms with Crippen molar-refractivity contribution in [2.45, 2.75) is 25.8 Å². The van der Waals surface area contributed by atoms with E-state index in [-0.39, 0.29) is 11.6 Å². The van der Waals surface area contributed by atoms with Crippen LogP contribution in [-0.2, 0) is 4.74 Å². The molecule has 1 aromatic carbocycles. The fourth-order valence-electron chi connectivity index (χ4n) is 1.94. The van der Waals surface area contributed by atoms with Crippen LogP contribution in [0.1, 0.15) is 30.1 Å². The number of hydrogen-bond donors (Lipinski definition) is 2. The van der Waals surface area contributed by atoms with Crippen molar-refractivity contribution in [3.05, 3.63) is 33.9 Å². The molecule has 1 rings (SSSR count).